The van der Waals surface area contributed by atoms with Gasteiger partial charge in [-0.05, 0) is 43.1 Å². The minimum atomic E-state index is -1.35. The Morgan fingerprint density at radius 2 is 1.97 bits per heavy atom. The van der Waals surface area contributed by atoms with Crippen LogP contribution >= 0.6 is 0 Å². The summed E-state index contributed by atoms with van der Waals surface area (Å²) < 4.78 is 5.83. The summed E-state index contributed by atoms with van der Waals surface area (Å²) in [4.78, 5) is 23.0. The Morgan fingerprint density at radius 1 is 1.29 bits per heavy atom. The summed E-state index contributed by atoms with van der Waals surface area (Å²) in [5.41, 5.74) is 0.949. The number of ether oxygens (including phenoxy) is 1. The first-order chi connectivity index (χ1) is 14.1. The van der Waals surface area contributed by atoms with Crippen LogP contribution in [-0.2, 0) is 14.3 Å². The zero-order chi connectivity index (χ0) is 22.4. The van der Waals surface area contributed by atoms with Gasteiger partial charge in [-0.25, -0.2) is 0 Å². The summed E-state index contributed by atoms with van der Waals surface area (Å²) in [5, 5.41) is 40.8. The molecule has 2 aliphatic rings. The SMILES string of the molecule is CC[C@H](C)C(=O)O[C@H]1C[C@@H](O)C=C2C=CC(C)[C@H](CC[C@@H](O)C[C@@H](O)CC(=O)[O-])C21.[Na+]. The van der Waals surface area contributed by atoms with Crippen molar-refractivity contribution in [2.24, 2.45) is 23.7 Å². The van der Waals surface area contributed by atoms with E-state index in [1.54, 1.807) is 0 Å². The molecule has 0 amide bonds. The van der Waals surface area contributed by atoms with Crippen LogP contribution in [-0.4, -0.2) is 51.7 Å². The van der Waals surface area contributed by atoms with Gasteiger partial charge in [0.2, 0.25) is 0 Å². The monoisotopic (exact) mass is 446 g/mol. The van der Waals surface area contributed by atoms with Crippen LogP contribution in [0.3, 0.4) is 0 Å². The van der Waals surface area contributed by atoms with E-state index in [1.807, 2.05) is 26.0 Å². The fourth-order valence-electron chi connectivity index (χ4n) is 4.51. The van der Waals surface area contributed by atoms with Crippen molar-refractivity contribution in [2.45, 2.75) is 83.7 Å². The molecular weight excluding hydrogens is 411 g/mol. The van der Waals surface area contributed by atoms with E-state index in [4.69, 9.17) is 4.74 Å². The number of allylic oxidation sites excluding steroid dienone is 2. The van der Waals surface area contributed by atoms with Crippen molar-refractivity contribution in [1.29, 1.82) is 0 Å². The van der Waals surface area contributed by atoms with Gasteiger partial charge in [0.1, 0.15) is 6.10 Å². The predicted octanol–water partition coefficient (Wildman–Crippen LogP) is -1.89. The number of aliphatic carboxylic acids is 1. The summed E-state index contributed by atoms with van der Waals surface area (Å²) in [7, 11) is 0. The summed E-state index contributed by atoms with van der Waals surface area (Å²) >= 11 is 0. The average molecular weight is 447 g/mol. The Labute approximate surface area is 206 Å². The van der Waals surface area contributed by atoms with Crippen LogP contribution in [0.2, 0.25) is 0 Å². The number of hydrogen-bond acceptors (Lipinski definition) is 7. The Balaban J connectivity index is 0.00000480. The van der Waals surface area contributed by atoms with Gasteiger partial charge in [0, 0.05) is 24.7 Å². The standard InChI is InChI=1S/C23H36O7.Na/c1-4-13(2)23(29)30-20-11-17(25)9-15-6-5-14(3)19(22(15)20)8-7-16(24)10-18(26)12-21(27)28;/h5-6,9,13-14,16-20,22,24-26H,4,7-8,10-12H2,1-3H3,(H,27,28);/q;+1/p-1/t13-,14?,16+,17-,18+,19-,20-,22?;/m0./s1. The first-order valence-electron chi connectivity index (χ1n) is 11.0. The molecule has 31 heavy (non-hydrogen) atoms. The molecule has 0 heterocycles. The Bertz CT molecular complexity index is 662. The molecule has 0 fully saturated rings. The van der Waals surface area contributed by atoms with Gasteiger partial charge in [-0.1, -0.05) is 39.0 Å². The first-order valence-corrected chi connectivity index (χ1v) is 11.0. The molecule has 2 aliphatic carbocycles. The topological polar surface area (TPSA) is 127 Å². The van der Waals surface area contributed by atoms with Crippen molar-refractivity contribution in [1.82, 2.24) is 0 Å². The van der Waals surface area contributed by atoms with Gasteiger partial charge >= 0.3 is 35.5 Å². The molecular formula is C23H35NaO7. The predicted molar refractivity (Wildman–Crippen MR) is 109 cm³/mol. The number of carboxylic acids is 1. The van der Waals surface area contributed by atoms with Crippen molar-refractivity contribution in [3.05, 3.63) is 23.8 Å². The van der Waals surface area contributed by atoms with E-state index < -0.39 is 36.8 Å². The Hall–Kier alpha value is -0.700. The number of carboxylic acid groups (broad SMARTS) is 1. The van der Waals surface area contributed by atoms with E-state index in [0.29, 0.717) is 25.7 Å². The van der Waals surface area contributed by atoms with E-state index in [2.05, 4.69) is 13.0 Å². The minimum absolute atomic E-state index is 0. The quantitative estimate of drug-likeness (QED) is 0.265. The van der Waals surface area contributed by atoms with Crippen LogP contribution < -0.4 is 34.7 Å². The smallest absolute Gasteiger partial charge is 0.550 e. The number of aliphatic hydroxyl groups excluding tert-OH is 3. The van der Waals surface area contributed by atoms with Crippen molar-refractivity contribution in [3.8, 4) is 0 Å². The fourth-order valence-corrected chi connectivity index (χ4v) is 4.51. The summed E-state index contributed by atoms with van der Waals surface area (Å²) in [6, 6.07) is 0. The second-order valence-corrected chi connectivity index (χ2v) is 8.86. The van der Waals surface area contributed by atoms with Gasteiger partial charge < -0.3 is 30.0 Å². The van der Waals surface area contributed by atoms with Gasteiger partial charge in [-0.15, -0.1) is 0 Å². The van der Waals surface area contributed by atoms with Gasteiger partial charge in [-0.3, -0.25) is 4.79 Å². The molecule has 3 N–H and O–H groups in total. The molecule has 2 rings (SSSR count). The van der Waals surface area contributed by atoms with Gasteiger partial charge in [0.25, 0.3) is 0 Å². The largest absolute Gasteiger partial charge is 1.00 e. The van der Waals surface area contributed by atoms with Crippen LogP contribution in [0.15, 0.2) is 23.8 Å². The van der Waals surface area contributed by atoms with Crippen molar-refractivity contribution < 1.29 is 64.3 Å². The third kappa shape index (κ3) is 8.30. The van der Waals surface area contributed by atoms with E-state index in [0.717, 1.165) is 5.57 Å². The second-order valence-electron chi connectivity index (χ2n) is 8.86. The fraction of sp³-hybridized carbons (Fsp3) is 0.739. The normalized spacial score (nSPS) is 30.3. The van der Waals surface area contributed by atoms with Crippen molar-refractivity contribution >= 4 is 11.9 Å². The number of carbonyl (C=O) groups is 2. The molecule has 0 aromatic heterocycles. The van der Waals surface area contributed by atoms with E-state index in [-0.39, 0.29) is 65.6 Å². The van der Waals surface area contributed by atoms with Crippen LogP contribution in [0.1, 0.15) is 59.3 Å². The number of carbonyl (C=O) groups excluding carboxylic acids is 2. The molecule has 0 aliphatic heterocycles. The first kappa shape index (κ1) is 28.3. The number of fused-ring (bicyclic) bond motifs is 1. The molecule has 7 nitrogen and oxygen atoms in total. The maximum Gasteiger partial charge on any atom is 1.00 e. The number of hydrogen-bond donors (Lipinski definition) is 3. The zero-order valence-electron chi connectivity index (χ0n) is 19.1. The molecule has 2 unspecified atom stereocenters. The van der Waals surface area contributed by atoms with Crippen molar-refractivity contribution in [3.63, 3.8) is 0 Å². The molecule has 0 saturated carbocycles. The van der Waals surface area contributed by atoms with E-state index in [9.17, 15) is 30.0 Å². The number of esters is 1. The minimum Gasteiger partial charge on any atom is -0.550 e. The number of rotatable bonds is 10. The third-order valence-electron chi connectivity index (χ3n) is 6.43. The summed E-state index contributed by atoms with van der Waals surface area (Å²) in [6.45, 7) is 5.83. The summed E-state index contributed by atoms with van der Waals surface area (Å²) in [5.74, 6) is -1.60. The van der Waals surface area contributed by atoms with Crippen LogP contribution in [0, 0.1) is 23.7 Å². The number of aliphatic hydroxyl groups is 3. The second kappa shape index (κ2) is 13.1. The molecule has 0 aromatic rings. The molecule has 170 valence electrons. The van der Waals surface area contributed by atoms with E-state index >= 15 is 0 Å². The summed E-state index contributed by atoms with van der Waals surface area (Å²) in [6.07, 6.45) is 4.31. The third-order valence-corrected chi connectivity index (χ3v) is 6.43. The molecule has 0 aromatic carbocycles. The average Bonchev–Trinajstić information content (AvgIpc) is 2.65. The van der Waals surface area contributed by atoms with Crippen LogP contribution in [0.5, 0.6) is 0 Å². The molecule has 8 atom stereocenters. The molecule has 0 spiro atoms. The Morgan fingerprint density at radius 3 is 2.58 bits per heavy atom. The Kier molecular flexibility index (Phi) is 12.0. The van der Waals surface area contributed by atoms with Crippen LogP contribution in [0.4, 0.5) is 0 Å². The molecule has 0 radical (unpaired) electrons. The van der Waals surface area contributed by atoms with Gasteiger partial charge in [0.05, 0.1) is 24.2 Å². The van der Waals surface area contributed by atoms with E-state index in [1.165, 1.54) is 0 Å². The molecule has 0 bridgehead atoms. The van der Waals surface area contributed by atoms with Gasteiger partial charge in [-0.2, -0.15) is 0 Å². The zero-order valence-corrected chi connectivity index (χ0v) is 21.1. The maximum absolute atomic E-state index is 12.4. The van der Waals surface area contributed by atoms with Crippen molar-refractivity contribution in [2.75, 3.05) is 0 Å². The molecule has 8 heteroatoms. The van der Waals surface area contributed by atoms with Crippen LogP contribution in [0.25, 0.3) is 0 Å². The van der Waals surface area contributed by atoms with Gasteiger partial charge in [0.15, 0.2) is 0 Å². The molecule has 0 saturated heterocycles. The maximum atomic E-state index is 12.4.